The highest BCUT2D eigenvalue weighted by molar-refractivity contribution is 9.11. The molecule has 0 bridgehead atoms. The number of aromatic hydroxyl groups is 2. The molecule has 59 heavy (non-hydrogen) atoms. The van der Waals surface area contributed by atoms with Gasteiger partial charge in [-0.1, -0.05) is 102 Å². The highest BCUT2D eigenvalue weighted by Gasteiger charge is 2.14. The van der Waals surface area contributed by atoms with Gasteiger partial charge >= 0.3 is 0 Å². The molecule has 1 heterocycles. The summed E-state index contributed by atoms with van der Waals surface area (Å²) in [4.78, 5) is 19.1. The number of hydrogen-bond acceptors (Lipinski definition) is 6. The van der Waals surface area contributed by atoms with E-state index in [2.05, 4.69) is 153 Å². The zero-order valence-electron chi connectivity index (χ0n) is 31.5. The number of phenolic OH excluding ortho intramolecular Hbond substituents is 2. The van der Waals surface area contributed by atoms with Gasteiger partial charge in [-0.15, -0.1) is 0 Å². The third-order valence-electron chi connectivity index (χ3n) is 9.51. The number of aromatic nitrogens is 1. The van der Waals surface area contributed by atoms with Crippen LogP contribution in [0.25, 0.3) is 21.8 Å². The van der Waals surface area contributed by atoms with Crippen molar-refractivity contribution in [2.45, 2.75) is 39.2 Å². The van der Waals surface area contributed by atoms with Crippen molar-refractivity contribution < 1.29 is 10.2 Å². The molecule has 0 radical (unpaired) electrons. The number of benzene rings is 6. The summed E-state index contributed by atoms with van der Waals surface area (Å²) in [6.07, 6.45) is 11.8. The van der Waals surface area contributed by atoms with Gasteiger partial charge in [0.2, 0.25) is 0 Å². The summed E-state index contributed by atoms with van der Waals surface area (Å²) in [6.45, 7) is 3.16. The van der Waals surface area contributed by atoms with Crippen LogP contribution in [-0.2, 0) is 6.54 Å². The number of unbranched alkanes of at least 4 members (excludes halogenated alkanes) is 3. The van der Waals surface area contributed by atoms with Gasteiger partial charge in [0.05, 0.1) is 11.4 Å². The third kappa shape index (κ3) is 10.6. The molecule has 7 nitrogen and oxygen atoms in total. The van der Waals surface area contributed by atoms with Crippen molar-refractivity contribution in [3.8, 4) is 11.5 Å². The predicted octanol–water partition coefficient (Wildman–Crippen LogP) is 16.4. The van der Waals surface area contributed by atoms with Crippen LogP contribution in [0.5, 0.6) is 11.5 Å². The summed E-state index contributed by atoms with van der Waals surface area (Å²) in [7, 11) is 0. The molecule has 13 heteroatoms. The molecule has 0 amide bonds. The Morgan fingerprint density at radius 2 is 0.966 bits per heavy atom. The van der Waals surface area contributed by atoms with Crippen LogP contribution in [0.2, 0.25) is 0 Å². The Morgan fingerprint density at radius 3 is 1.42 bits per heavy atom. The number of fused-ring (bicyclic) bond motifs is 3. The first kappa shape index (κ1) is 43.4. The molecule has 0 unspecified atom stereocenters. The van der Waals surface area contributed by atoms with E-state index >= 15 is 0 Å². The second kappa shape index (κ2) is 19.8. The molecule has 0 saturated heterocycles. The summed E-state index contributed by atoms with van der Waals surface area (Å²) >= 11 is 21.5. The molecule has 0 atom stereocenters. The van der Waals surface area contributed by atoms with Crippen LogP contribution in [-0.4, -0.2) is 39.6 Å². The topological polar surface area (TPSA) is 94.8 Å². The molecule has 0 fully saturated rings. The van der Waals surface area contributed by atoms with E-state index in [4.69, 9.17) is 9.98 Å². The van der Waals surface area contributed by atoms with Crippen LogP contribution >= 0.6 is 95.6 Å². The Balaban J connectivity index is 1.26. The number of aryl methyl sites for hydroxylation is 1. The second-order valence-electron chi connectivity index (χ2n) is 13.7. The van der Waals surface area contributed by atoms with Crippen LogP contribution in [0.1, 0.15) is 54.9 Å². The smallest absolute Gasteiger partial charge is 0.141 e. The molecule has 0 aliphatic heterocycles. The van der Waals surface area contributed by atoms with E-state index < -0.39 is 0 Å². The molecule has 0 aliphatic carbocycles. The van der Waals surface area contributed by atoms with E-state index in [1.807, 2.05) is 36.7 Å². The highest BCUT2D eigenvalue weighted by Crippen LogP contribution is 2.37. The molecule has 7 rings (SSSR count). The first-order valence-corrected chi connectivity index (χ1v) is 23.4. The van der Waals surface area contributed by atoms with Crippen LogP contribution in [0, 0.1) is 0 Å². The van der Waals surface area contributed by atoms with E-state index in [0.29, 0.717) is 22.7 Å². The number of hydrogen-bond donors (Lipinski definition) is 2. The number of phenols is 2. The maximum absolute atomic E-state index is 10.4. The van der Waals surface area contributed by atoms with Gasteiger partial charge in [0.15, 0.2) is 0 Å². The van der Waals surface area contributed by atoms with E-state index in [1.165, 1.54) is 30.3 Å². The van der Waals surface area contributed by atoms with Crippen molar-refractivity contribution in [2.24, 2.45) is 20.0 Å². The van der Waals surface area contributed by atoms with E-state index in [1.54, 1.807) is 48.8 Å². The van der Waals surface area contributed by atoms with Crippen LogP contribution in [0.3, 0.4) is 0 Å². The lowest BCUT2D eigenvalue weighted by molar-refractivity contribution is 0.476. The largest absolute Gasteiger partial charge is 0.506 e. The Bertz CT molecular complexity index is 2650. The van der Waals surface area contributed by atoms with Gasteiger partial charge in [-0.25, -0.2) is 0 Å². The van der Waals surface area contributed by atoms with E-state index in [0.717, 1.165) is 72.8 Å². The van der Waals surface area contributed by atoms with Crippen LogP contribution in [0.15, 0.2) is 144 Å². The fourth-order valence-corrected chi connectivity index (χ4v) is 10.1. The lowest BCUT2D eigenvalue weighted by atomic mass is 10.1. The van der Waals surface area contributed by atoms with Gasteiger partial charge in [0.25, 0.3) is 0 Å². The minimum atomic E-state index is 0.0885. The number of nitrogens with zero attached hydrogens (tertiary/aromatic N) is 5. The summed E-state index contributed by atoms with van der Waals surface area (Å²) in [5.41, 5.74) is 8.08. The number of rotatable bonds is 13. The molecule has 0 saturated carbocycles. The van der Waals surface area contributed by atoms with Gasteiger partial charge in [0.1, 0.15) is 22.9 Å². The van der Waals surface area contributed by atoms with Gasteiger partial charge in [0, 0.05) is 91.2 Å². The van der Waals surface area contributed by atoms with Gasteiger partial charge < -0.3 is 14.8 Å². The zero-order valence-corrected chi connectivity index (χ0v) is 41.0. The maximum atomic E-state index is 10.4. The highest BCUT2D eigenvalue weighted by atomic mass is 79.9. The standard InChI is InChI=1S/C46H35Br6N5O2/c1-2-3-4-5-14-57-41-10-6-27(23-55-45-29(17-33(49)19-37(45)51)25-53-39-21-31(47)8-12-43(39)58)15-35(41)36-16-28(7-11-42(36)57)24-56-46-30(18-34(50)20-38(46)52)26-54-40-22-32(48)9-13-44(40)59/h6-13,15-26,58-59H,2-5,14H2,1H3. The molecule has 298 valence electrons. The minimum absolute atomic E-state index is 0.0885. The van der Waals surface area contributed by atoms with Crippen molar-refractivity contribution in [1.82, 2.24) is 4.57 Å². The molecule has 6 aromatic carbocycles. The number of aliphatic imine (C=N–C) groups is 4. The van der Waals surface area contributed by atoms with Crippen molar-refractivity contribution in [1.29, 1.82) is 0 Å². The molecule has 1 aromatic heterocycles. The third-order valence-corrected chi connectivity index (χ3v) is 12.6. The van der Waals surface area contributed by atoms with Gasteiger partial charge in [-0.2, -0.15) is 0 Å². The summed E-state index contributed by atoms with van der Waals surface area (Å²) in [5.74, 6) is 0.177. The van der Waals surface area contributed by atoms with Gasteiger partial charge in [-0.05, 0) is 134 Å². The lowest BCUT2D eigenvalue weighted by Gasteiger charge is -2.08. The molecule has 0 aliphatic rings. The molecule has 2 N–H and O–H groups in total. The number of halogens is 6. The average Bonchev–Trinajstić information content (AvgIpc) is 3.51. The summed E-state index contributed by atoms with van der Waals surface area (Å²) in [5, 5.41) is 23.0. The summed E-state index contributed by atoms with van der Waals surface area (Å²) < 4.78 is 7.41. The normalized spacial score (nSPS) is 12.2. The minimum Gasteiger partial charge on any atom is -0.506 e. The molecule has 0 spiro atoms. The SMILES string of the molecule is CCCCCCn1c2ccc(C=Nc3c(Br)cc(Br)cc3C=Nc3cc(Br)ccc3O)cc2c2cc(C=Nc3c(Br)cc(Br)cc3C=Nc3cc(Br)ccc3O)ccc21. The lowest BCUT2D eigenvalue weighted by Crippen LogP contribution is -1.98. The Labute approximate surface area is 392 Å². The Hall–Kier alpha value is -3.72. The average molecular weight is 1170 g/mol. The second-order valence-corrected chi connectivity index (χ2v) is 19.1. The van der Waals surface area contributed by atoms with E-state index in [-0.39, 0.29) is 11.5 Å². The predicted molar refractivity (Wildman–Crippen MR) is 268 cm³/mol. The molecular weight excluding hydrogens is 1130 g/mol. The Kier molecular flexibility index (Phi) is 14.5. The fraction of sp³-hybridized carbons (Fsp3) is 0.130. The van der Waals surface area contributed by atoms with Crippen molar-refractivity contribution in [3.63, 3.8) is 0 Å². The maximum Gasteiger partial charge on any atom is 0.141 e. The van der Waals surface area contributed by atoms with Crippen molar-refractivity contribution >= 4 is 165 Å². The van der Waals surface area contributed by atoms with Crippen molar-refractivity contribution in [2.75, 3.05) is 0 Å². The molecular formula is C46H35Br6N5O2. The zero-order chi connectivity index (χ0) is 41.6. The monoisotopic (exact) mass is 1160 g/mol. The Morgan fingerprint density at radius 1 is 0.492 bits per heavy atom. The first-order valence-electron chi connectivity index (χ1n) is 18.6. The molecule has 7 aromatic rings. The van der Waals surface area contributed by atoms with Crippen molar-refractivity contribution in [3.05, 3.63) is 146 Å². The van der Waals surface area contributed by atoms with E-state index in [9.17, 15) is 10.2 Å². The summed E-state index contributed by atoms with van der Waals surface area (Å²) in [6, 6.07) is 31.1. The van der Waals surface area contributed by atoms with Crippen LogP contribution < -0.4 is 0 Å². The fourth-order valence-electron chi connectivity index (χ4n) is 6.63. The quantitative estimate of drug-likeness (QED) is 0.0889. The van der Waals surface area contributed by atoms with Gasteiger partial charge in [-0.3, -0.25) is 20.0 Å². The van der Waals surface area contributed by atoms with Crippen LogP contribution in [0.4, 0.5) is 22.7 Å². The first-order chi connectivity index (χ1) is 28.5.